The molecule has 1 saturated heterocycles. The van der Waals surface area contributed by atoms with Gasteiger partial charge in [-0.1, -0.05) is 24.3 Å². The van der Waals surface area contributed by atoms with E-state index in [4.69, 9.17) is 14.6 Å². The largest absolute Gasteiger partial charge is 0.492 e. The minimum Gasteiger partial charge on any atom is -0.492 e. The van der Waals surface area contributed by atoms with E-state index in [1.165, 1.54) is 12.1 Å². The van der Waals surface area contributed by atoms with E-state index < -0.39 is 5.97 Å². The van der Waals surface area contributed by atoms with Crippen molar-refractivity contribution in [1.29, 1.82) is 0 Å². The third-order valence-corrected chi connectivity index (χ3v) is 4.46. The lowest BCUT2D eigenvalue weighted by Crippen LogP contribution is -2.40. The van der Waals surface area contributed by atoms with Gasteiger partial charge in [-0.25, -0.2) is 4.79 Å². The van der Waals surface area contributed by atoms with Gasteiger partial charge in [0.2, 0.25) is 0 Å². The third-order valence-electron chi connectivity index (χ3n) is 4.46. The first kappa shape index (κ1) is 18.9. The molecule has 1 amide bonds. The summed E-state index contributed by atoms with van der Waals surface area (Å²) in [6, 6.07) is 15.5. The molecule has 0 aromatic heterocycles. The molecule has 1 atom stereocenters. The van der Waals surface area contributed by atoms with Gasteiger partial charge in [0, 0.05) is 18.7 Å². The molecular weight excluding hydrogens is 346 g/mol. The normalized spacial score (nSPS) is 16.1. The monoisotopic (exact) mass is 369 g/mol. The number of rotatable bonds is 8. The Morgan fingerprint density at radius 2 is 1.89 bits per heavy atom. The van der Waals surface area contributed by atoms with Gasteiger partial charge in [0.15, 0.2) is 0 Å². The summed E-state index contributed by atoms with van der Waals surface area (Å²) in [5.74, 6) is -0.525. The Hall–Kier alpha value is -2.86. The number of para-hydroxylation sites is 1. The van der Waals surface area contributed by atoms with Crippen molar-refractivity contribution < 1.29 is 24.2 Å². The number of hydrogen-bond acceptors (Lipinski definition) is 4. The second-order valence-corrected chi connectivity index (χ2v) is 6.43. The Kier molecular flexibility index (Phi) is 6.44. The van der Waals surface area contributed by atoms with E-state index in [-0.39, 0.29) is 17.6 Å². The Morgan fingerprint density at radius 3 is 2.59 bits per heavy atom. The summed E-state index contributed by atoms with van der Waals surface area (Å²) in [5.41, 5.74) is 0.450. The number of nitrogens with zero attached hydrogens (tertiary/aromatic N) is 1. The lowest BCUT2D eigenvalue weighted by Gasteiger charge is -2.25. The SMILES string of the molecule is O=C(O)c1cccc(C(=O)N(CCOc2ccccc2)CC2CCCO2)c1. The highest BCUT2D eigenvalue weighted by Gasteiger charge is 2.24. The van der Waals surface area contributed by atoms with E-state index in [1.807, 2.05) is 30.3 Å². The molecular formula is C21H23NO5. The van der Waals surface area contributed by atoms with Gasteiger partial charge in [-0.05, 0) is 43.2 Å². The first-order valence-corrected chi connectivity index (χ1v) is 9.05. The highest BCUT2D eigenvalue weighted by Crippen LogP contribution is 2.16. The summed E-state index contributed by atoms with van der Waals surface area (Å²) in [6.07, 6.45) is 1.91. The van der Waals surface area contributed by atoms with Crippen LogP contribution in [0.3, 0.4) is 0 Å². The third kappa shape index (κ3) is 5.31. The Bertz CT molecular complexity index is 771. The van der Waals surface area contributed by atoms with E-state index >= 15 is 0 Å². The minimum atomic E-state index is -1.05. The Morgan fingerprint density at radius 1 is 1.11 bits per heavy atom. The molecule has 2 aromatic rings. The molecule has 1 N–H and O–H groups in total. The summed E-state index contributed by atoms with van der Waals surface area (Å²) in [6.45, 7) is 1.92. The maximum atomic E-state index is 13.0. The van der Waals surface area contributed by atoms with Crippen molar-refractivity contribution in [3.05, 3.63) is 65.7 Å². The number of aromatic carboxylic acids is 1. The molecule has 3 rings (SSSR count). The number of ether oxygens (including phenoxy) is 2. The van der Waals surface area contributed by atoms with Crippen LogP contribution in [0.15, 0.2) is 54.6 Å². The van der Waals surface area contributed by atoms with Crippen LogP contribution in [0, 0.1) is 0 Å². The summed E-state index contributed by atoms with van der Waals surface area (Å²) >= 11 is 0. The molecule has 6 nitrogen and oxygen atoms in total. The molecule has 1 heterocycles. The van der Waals surface area contributed by atoms with Crippen LogP contribution in [-0.4, -0.2) is 54.3 Å². The minimum absolute atomic E-state index is 0.00771. The number of carbonyl (C=O) groups is 2. The molecule has 0 aliphatic carbocycles. The van der Waals surface area contributed by atoms with Crippen molar-refractivity contribution in [2.45, 2.75) is 18.9 Å². The molecule has 142 valence electrons. The van der Waals surface area contributed by atoms with E-state index in [9.17, 15) is 9.59 Å². The van der Waals surface area contributed by atoms with Crippen LogP contribution < -0.4 is 4.74 Å². The fourth-order valence-electron chi connectivity index (χ4n) is 3.07. The maximum absolute atomic E-state index is 13.0. The molecule has 27 heavy (non-hydrogen) atoms. The van der Waals surface area contributed by atoms with E-state index in [1.54, 1.807) is 17.0 Å². The number of carbonyl (C=O) groups excluding carboxylic acids is 1. The number of hydrogen-bond donors (Lipinski definition) is 1. The van der Waals surface area contributed by atoms with Crippen LogP contribution in [0.4, 0.5) is 0 Å². The van der Waals surface area contributed by atoms with Gasteiger partial charge in [-0.2, -0.15) is 0 Å². The van der Waals surface area contributed by atoms with Crippen molar-refractivity contribution >= 4 is 11.9 Å². The van der Waals surface area contributed by atoms with Crippen LogP contribution in [0.2, 0.25) is 0 Å². The quantitative estimate of drug-likeness (QED) is 0.774. The zero-order valence-corrected chi connectivity index (χ0v) is 15.0. The molecule has 0 bridgehead atoms. The Balaban J connectivity index is 1.69. The number of carboxylic acids is 1. The highest BCUT2D eigenvalue weighted by molar-refractivity contribution is 5.97. The highest BCUT2D eigenvalue weighted by atomic mass is 16.5. The Labute approximate surface area is 158 Å². The lowest BCUT2D eigenvalue weighted by molar-refractivity contribution is 0.0493. The maximum Gasteiger partial charge on any atom is 0.335 e. The zero-order valence-electron chi connectivity index (χ0n) is 15.0. The molecule has 1 unspecified atom stereocenters. The van der Waals surface area contributed by atoms with Gasteiger partial charge in [-0.15, -0.1) is 0 Å². The van der Waals surface area contributed by atoms with Gasteiger partial charge in [-0.3, -0.25) is 4.79 Å². The van der Waals surface area contributed by atoms with Gasteiger partial charge >= 0.3 is 5.97 Å². The fraction of sp³-hybridized carbons (Fsp3) is 0.333. The van der Waals surface area contributed by atoms with Crippen LogP contribution in [0.1, 0.15) is 33.6 Å². The topological polar surface area (TPSA) is 76.1 Å². The van der Waals surface area contributed by atoms with Crippen molar-refractivity contribution in [3.8, 4) is 5.75 Å². The molecule has 6 heteroatoms. The van der Waals surface area contributed by atoms with Gasteiger partial charge < -0.3 is 19.5 Å². The first-order valence-electron chi connectivity index (χ1n) is 9.05. The smallest absolute Gasteiger partial charge is 0.335 e. The van der Waals surface area contributed by atoms with E-state index in [0.717, 1.165) is 18.6 Å². The summed E-state index contributed by atoms with van der Waals surface area (Å²) in [4.78, 5) is 25.8. The van der Waals surface area contributed by atoms with E-state index in [0.29, 0.717) is 31.9 Å². The van der Waals surface area contributed by atoms with Crippen LogP contribution >= 0.6 is 0 Å². The first-order chi connectivity index (χ1) is 13.1. The van der Waals surface area contributed by atoms with Gasteiger partial charge in [0.1, 0.15) is 12.4 Å². The number of amides is 1. The summed E-state index contributed by atoms with van der Waals surface area (Å²) < 4.78 is 11.4. The molecule has 0 saturated carbocycles. The second-order valence-electron chi connectivity index (χ2n) is 6.43. The van der Waals surface area contributed by atoms with Gasteiger partial charge in [0.25, 0.3) is 5.91 Å². The van der Waals surface area contributed by atoms with Gasteiger partial charge in [0.05, 0.1) is 18.2 Å². The fourth-order valence-corrected chi connectivity index (χ4v) is 3.07. The molecule has 0 spiro atoms. The summed E-state index contributed by atoms with van der Waals surface area (Å²) in [7, 11) is 0. The standard InChI is InChI=1S/C21H23NO5/c23-20(16-6-4-7-17(14-16)21(24)25)22(15-19-10-5-12-26-19)11-13-27-18-8-2-1-3-9-18/h1-4,6-9,14,19H,5,10-13,15H2,(H,24,25). The average molecular weight is 369 g/mol. The molecule has 2 aromatic carbocycles. The molecule has 1 aliphatic rings. The molecule has 1 fully saturated rings. The van der Waals surface area contributed by atoms with Crippen LogP contribution in [0.5, 0.6) is 5.75 Å². The molecule has 0 radical (unpaired) electrons. The van der Waals surface area contributed by atoms with Crippen LogP contribution in [0.25, 0.3) is 0 Å². The number of benzene rings is 2. The second kappa shape index (κ2) is 9.19. The van der Waals surface area contributed by atoms with Crippen molar-refractivity contribution in [1.82, 2.24) is 4.90 Å². The zero-order chi connectivity index (χ0) is 19.1. The van der Waals surface area contributed by atoms with E-state index in [2.05, 4.69) is 0 Å². The van der Waals surface area contributed by atoms with Crippen molar-refractivity contribution in [2.75, 3.05) is 26.3 Å². The van der Waals surface area contributed by atoms with Crippen LogP contribution in [-0.2, 0) is 4.74 Å². The van der Waals surface area contributed by atoms with Crippen molar-refractivity contribution in [2.24, 2.45) is 0 Å². The molecule has 1 aliphatic heterocycles. The summed E-state index contributed by atoms with van der Waals surface area (Å²) in [5, 5.41) is 9.16. The average Bonchev–Trinajstić information content (AvgIpc) is 3.21. The number of carboxylic acid groups (broad SMARTS) is 1. The van der Waals surface area contributed by atoms with Crippen molar-refractivity contribution in [3.63, 3.8) is 0 Å². The lowest BCUT2D eigenvalue weighted by atomic mass is 10.1. The predicted molar refractivity (Wildman–Crippen MR) is 100 cm³/mol. The predicted octanol–water partition coefficient (Wildman–Crippen LogP) is 3.09.